The van der Waals surface area contributed by atoms with Gasteiger partial charge in [-0.2, -0.15) is 0 Å². The van der Waals surface area contributed by atoms with Crippen molar-refractivity contribution in [3.8, 4) is 0 Å². The summed E-state index contributed by atoms with van der Waals surface area (Å²) in [4.78, 5) is 22.7. The fraction of sp³-hybridized carbons (Fsp3) is 0.400. The number of anilines is 1. The quantitative estimate of drug-likeness (QED) is 0.919. The average Bonchev–Trinajstić information content (AvgIpc) is 3.17. The van der Waals surface area contributed by atoms with Crippen molar-refractivity contribution in [3.05, 3.63) is 40.2 Å². The zero-order valence-corrected chi connectivity index (χ0v) is 12.9. The maximum absolute atomic E-state index is 11.3. The summed E-state index contributed by atoms with van der Waals surface area (Å²) in [5.41, 5.74) is 2.69. The topological polar surface area (TPSA) is 66.3 Å². The minimum atomic E-state index is -0.872. The van der Waals surface area contributed by atoms with Gasteiger partial charge in [-0.25, -0.2) is 9.78 Å². The summed E-state index contributed by atoms with van der Waals surface area (Å²) < 4.78 is 0. The van der Waals surface area contributed by atoms with Crippen LogP contribution in [-0.2, 0) is 6.54 Å². The van der Waals surface area contributed by atoms with Crippen LogP contribution in [0.2, 0.25) is 0 Å². The van der Waals surface area contributed by atoms with E-state index in [0.29, 0.717) is 17.3 Å². The van der Waals surface area contributed by atoms with E-state index in [0.717, 1.165) is 35.1 Å². The van der Waals surface area contributed by atoms with E-state index in [9.17, 15) is 9.90 Å². The molecule has 1 aliphatic rings. The van der Waals surface area contributed by atoms with Crippen LogP contribution in [0.25, 0.3) is 0 Å². The Morgan fingerprint density at radius 1 is 1.43 bits per heavy atom. The van der Waals surface area contributed by atoms with Crippen LogP contribution in [0.4, 0.5) is 5.13 Å². The lowest BCUT2D eigenvalue weighted by atomic mass is 10.2. The second kappa shape index (κ2) is 5.44. The summed E-state index contributed by atoms with van der Waals surface area (Å²) in [5.74, 6) is -0.533. The number of pyridine rings is 1. The predicted molar refractivity (Wildman–Crippen MR) is 82.1 cm³/mol. The van der Waals surface area contributed by atoms with Gasteiger partial charge >= 0.3 is 5.97 Å². The Bertz CT molecular complexity index is 679. The van der Waals surface area contributed by atoms with Crippen molar-refractivity contribution >= 4 is 22.4 Å². The molecule has 0 bridgehead atoms. The smallest absolute Gasteiger partial charge is 0.347 e. The van der Waals surface area contributed by atoms with Crippen LogP contribution in [0, 0.1) is 6.92 Å². The van der Waals surface area contributed by atoms with E-state index in [1.807, 2.05) is 37.1 Å². The molecular weight excluding hydrogens is 286 g/mol. The third kappa shape index (κ3) is 3.05. The fourth-order valence-electron chi connectivity index (χ4n) is 2.27. The van der Waals surface area contributed by atoms with Gasteiger partial charge in [-0.1, -0.05) is 17.4 Å². The zero-order valence-electron chi connectivity index (χ0n) is 12.0. The minimum Gasteiger partial charge on any atom is -0.477 e. The molecule has 0 amide bonds. The van der Waals surface area contributed by atoms with E-state index in [1.54, 1.807) is 0 Å². The number of hydrogen-bond acceptors (Lipinski definition) is 5. The third-order valence-electron chi connectivity index (χ3n) is 3.47. The van der Waals surface area contributed by atoms with Crippen LogP contribution in [0.3, 0.4) is 0 Å². The highest BCUT2D eigenvalue weighted by molar-refractivity contribution is 7.17. The summed E-state index contributed by atoms with van der Waals surface area (Å²) in [6.07, 6.45) is 2.10. The molecule has 2 aromatic rings. The van der Waals surface area contributed by atoms with Gasteiger partial charge in [0.15, 0.2) is 5.13 Å². The Morgan fingerprint density at radius 2 is 2.19 bits per heavy atom. The van der Waals surface area contributed by atoms with Gasteiger partial charge in [0.1, 0.15) is 4.88 Å². The molecule has 0 aliphatic heterocycles. The Morgan fingerprint density at radius 3 is 2.81 bits per heavy atom. The summed E-state index contributed by atoms with van der Waals surface area (Å²) in [6, 6.07) is 5.91. The van der Waals surface area contributed by atoms with Crippen molar-refractivity contribution < 1.29 is 9.90 Å². The lowest BCUT2D eigenvalue weighted by Gasteiger charge is -2.15. The maximum atomic E-state index is 11.3. The number of rotatable bonds is 5. The van der Waals surface area contributed by atoms with E-state index >= 15 is 0 Å². The Kier molecular flexibility index (Phi) is 3.63. The first-order valence-electron chi connectivity index (χ1n) is 6.92. The number of nitrogens with zero attached hydrogens (tertiary/aromatic N) is 3. The molecule has 1 N–H and O–H groups in total. The minimum absolute atomic E-state index is 0.339. The molecular formula is C15H17N3O2S. The van der Waals surface area contributed by atoms with E-state index in [-0.39, 0.29) is 0 Å². The maximum Gasteiger partial charge on any atom is 0.347 e. The number of carbonyl (C=O) groups is 1. The van der Waals surface area contributed by atoms with Crippen molar-refractivity contribution in [1.29, 1.82) is 0 Å². The molecule has 1 saturated carbocycles. The molecule has 6 heteroatoms. The van der Waals surface area contributed by atoms with Crippen molar-refractivity contribution in [2.24, 2.45) is 0 Å². The van der Waals surface area contributed by atoms with Crippen LogP contribution in [0.5, 0.6) is 0 Å². The van der Waals surface area contributed by atoms with Crippen molar-refractivity contribution in [2.45, 2.75) is 32.2 Å². The van der Waals surface area contributed by atoms with E-state index in [4.69, 9.17) is 0 Å². The second-order valence-electron chi connectivity index (χ2n) is 5.42. The van der Waals surface area contributed by atoms with Gasteiger partial charge in [0.05, 0.1) is 17.9 Å². The molecule has 110 valence electrons. The van der Waals surface area contributed by atoms with E-state index < -0.39 is 5.97 Å². The van der Waals surface area contributed by atoms with Gasteiger partial charge in [-0.15, -0.1) is 0 Å². The van der Waals surface area contributed by atoms with E-state index in [1.165, 1.54) is 11.3 Å². The molecule has 1 aliphatic carbocycles. The van der Waals surface area contributed by atoms with Crippen LogP contribution in [0.1, 0.15) is 45.5 Å². The molecule has 0 atom stereocenters. The van der Waals surface area contributed by atoms with Gasteiger partial charge in [0.2, 0.25) is 0 Å². The number of aryl methyl sites for hydroxylation is 1. The van der Waals surface area contributed by atoms with Crippen LogP contribution >= 0.6 is 11.3 Å². The zero-order chi connectivity index (χ0) is 15.0. The number of aromatic carboxylic acids is 1. The molecule has 0 spiro atoms. The van der Waals surface area contributed by atoms with E-state index in [2.05, 4.69) is 9.97 Å². The monoisotopic (exact) mass is 303 g/mol. The predicted octanol–water partition coefficient (Wildman–Crippen LogP) is 3.06. The lowest BCUT2D eigenvalue weighted by molar-refractivity contribution is 0.0700. The Hall–Kier alpha value is -1.95. The summed E-state index contributed by atoms with van der Waals surface area (Å²) in [7, 11) is 1.92. The van der Waals surface area contributed by atoms with Gasteiger partial charge in [-0.3, -0.25) is 4.98 Å². The van der Waals surface area contributed by atoms with Crippen molar-refractivity contribution in [2.75, 3.05) is 11.9 Å². The Labute approximate surface area is 127 Å². The first-order valence-corrected chi connectivity index (χ1v) is 7.74. The Balaban J connectivity index is 1.82. The number of aromatic nitrogens is 2. The molecule has 2 aromatic heterocycles. The standard InChI is InChI=1S/C15H17N3O2S/c1-9-4-3-5-11(16-9)8-18(2)15-17-12(10-6-7-10)13(21-15)14(19)20/h3-5,10H,6-8H2,1-2H3,(H,19,20). The van der Waals surface area contributed by atoms with Gasteiger partial charge in [-0.05, 0) is 31.9 Å². The van der Waals surface area contributed by atoms with Gasteiger partial charge in [0, 0.05) is 18.7 Å². The first kappa shape index (κ1) is 14.0. The number of carboxylic acid groups (broad SMARTS) is 1. The molecule has 0 aromatic carbocycles. The highest BCUT2D eigenvalue weighted by atomic mass is 32.1. The number of hydrogen-bond donors (Lipinski definition) is 1. The highest BCUT2D eigenvalue weighted by Gasteiger charge is 2.32. The molecule has 0 saturated heterocycles. The molecule has 1 fully saturated rings. The normalized spacial score (nSPS) is 14.2. The summed E-state index contributed by atoms with van der Waals surface area (Å²) >= 11 is 1.25. The second-order valence-corrected chi connectivity index (χ2v) is 6.39. The largest absolute Gasteiger partial charge is 0.477 e. The number of carboxylic acids is 1. The number of thiazole rings is 1. The van der Waals surface area contributed by atoms with Gasteiger partial charge in [0.25, 0.3) is 0 Å². The first-order chi connectivity index (χ1) is 10.0. The third-order valence-corrected chi connectivity index (χ3v) is 4.65. The van der Waals surface area contributed by atoms with Crippen LogP contribution in [0.15, 0.2) is 18.2 Å². The summed E-state index contributed by atoms with van der Waals surface area (Å²) in [5, 5.41) is 10.1. The highest BCUT2D eigenvalue weighted by Crippen LogP contribution is 2.44. The fourth-order valence-corrected chi connectivity index (χ4v) is 3.22. The van der Waals surface area contributed by atoms with Crippen LogP contribution < -0.4 is 4.90 Å². The molecule has 21 heavy (non-hydrogen) atoms. The molecule has 2 heterocycles. The molecule has 5 nitrogen and oxygen atoms in total. The lowest BCUT2D eigenvalue weighted by Crippen LogP contribution is -2.17. The van der Waals surface area contributed by atoms with Crippen molar-refractivity contribution in [1.82, 2.24) is 9.97 Å². The molecule has 0 radical (unpaired) electrons. The molecule has 0 unspecified atom stereocenters. The summed E-state index contributed by atoms with van der Waals surface area (Å²) in [6.45, 7) is 2.58. The SMILES string of the molecule is Cc1cccc(CN(C)c2nc(C3CC3)c(C(=O)O)s2)n1. The average molecular weight is 303 g/mol. The molecule has 3 rings (SSSR count). The van der Waals surface area contributed by atoms with Crippen molar-refractivity contribution in [3.63, 3.8) is 0 Å². The van der Waals surface area contributed by atoms with Gasteiger partial charge < -0.3 is 10.0 Å². The van der Waals surface area contributed by atoms with Crippen LogP contribution in [-0.4, -0.2) is 28.1 Å².